The Hall–Kier alpha value is -2.63. The van der Waals surface area contributed by atoms with Crippen LogP contribution in [0.1, 0.15) is 18.5 Å². The molecule has 2 heterocycles. The van der Waals surface area contributed by atoms with Gasteiger partial charge in [0.15, 0.2) is 5.65 Å². The van der Waals surface area contributed by atoms with E-state index in [4.69, 9.17) is 4.74 Å². The fourth-order valence-corrected chi connectivity index (χ4v) is 2.52. The highest BCUT2D eigenvalue weighted by Gasteiger charge is 2.17. The van der Waals surface area contributed by atoms with E-state index in [2.05, 4.69) is 39.0 Å². The van der Waals surface area contributed by atoms with Crippen molar-refractivity contribution >= 4 is 16.9 Å². The quantitative estimate of drug-likeness (QED) is 0.741. The van der Waals surface area contributed by atoms with Crippen LogP contribution in [0.3, 0.4) is 0 Å². The first kappa shape index (κ1) is 14.3. The average Bonchev–Trinajstić information content (AvgIpc) is 2.95. The van der Waals surface area contributed by atoms with Gasteiger partial charge in [-0.1, -0.05) is 12.1 Å². The molecule has 0 saturated heterocycles. The second-order valence-corrected chi connectivity index (χ2v) is 5.26. The monoisotopic (exact) mass is 297 g/mol. The Labute approximate surface area is 129 Å². The fraction of sp³-hybridized carbons (Fsp3) is 0.312. The lowest BCUT2D eigenvalue weighted by molar-refractivity contribution is 0.414. The van der Waals surface area contributed by atoms with Crippen LogP contribution in [0.5, 0.6) is 5.75 Å². The van der Waals surface area contributed by atoms with Crippen molar-refractivity contribution < 1.29 is 4.74 Å². The molecule has 3 rings (SSSR count). The maximum atomic E-state index is 5.21. The van der Waals surface area contributed by atoms with Crippen LogP contribution < -0.4 is 9.64 Å². The second-order valence-electron chi connectivity index (χ2n) is 5.26. The van der Waals surface area contributed by atoms with Gasteiger partial charge < -0.3 is 9.64 Å². The number of nitrogens with zero attached hydrogens (tertiary/aromatic N) is 5. The molecule has 114 valence electrons. The number of hydrogen-bond acceptors (Lipinski definition) is 5. The first-order chi connectivity index (χ1) is 10.6. The molecule has 1 aromatic carbocycles. The molecule has 1 atom stereocenters. The zero-order chi connectivity index (χ0) is 15.7. The van der Waals surface area contributed by atoms with E-state index in [-0.39, 0.29) is 6.04 Å². The zero-order valence-electron chi connectivity index (χ0n) is 13.2. The predicted molar refractivity (Wildman–Crippen MR) is 86.1 cm³/mol. The van der Waals surface area contributed by atoms with Crippen molar-refractivity contribution in [1.82, 2.24) is 19.7 Å². The third kappa shape index (κ3) is 2.36. The smallest absolute Gasteiger partial charge is 0.163 e. The highest BCUT2D eigenvalue weighted by molar-refractivity contribution is 5.86. The van der Waals surface area contributed by atoms with E-state index in [0.717, 1.165) is 22.6 Å². The third-order valence-electron chi connectivity index (χ3n) is 4.02. The lowest BCUT2D eigenvalue weighted by atomic mass is 10.1. The summed E-state index contributed by atoms with van der Waals surface area (Å²) in [6.45, 7) is 2.14. The van der Waals surface area contributed by atoms with E-state index < -0.39 is 0 Å². The summed E-state index contributed by atoms with van der Waals surface area (Å²) in [5, 5.41) is 5.22. The van der Waals surface area contributed by atoms with Crippen LogP contribution in [0.15, 0.2) is 36.8 Å². The Morgan fingerprint density at radius 2 is 1.91 bits per heavy atom. The summed E-state index contributed by atoms with van der Waals surface area (Å²) < 4.78 is 6.97. The number of anilines is 1. The number of hydrogen-bond donors (Lipinski definition) is 0. The number of fused-ring (bicyclic) bond motifs is 1. The number of aryl methyl sites for hydroxylation is 1. The Balaban J connectivity index is 1.95. The molecule has 0 aliphatic rings. The zero-order valence-corrected chi connectivity index (χ0v) is 13.2. The van der Waals surface area contributed by atoms with Gasteiger partial charge in [0.1, 0.15) is 17.9 Å². The molecule has 0 amide bonds. The van der Waals surface area contributed by atoms with Crippen LogP contribution >= 0.6 is 0 Å². The van der Waals surface area contributed by atoms with Gasteiger partial charge >= 0.3 is 0 Å². The van der Waals surface area contributed by atoms with Gasteiger partial charge in [-0.25, -0.2) is 9.97 Å². The van der Waals surface area contributed by atoms with Crippen molar-refractivity contribution in [2.24, 2.45) is 7.05 Å². The van der Waals surface area contributed by atoms with Crippen molar-refractivity contribution in [3.05, 3.63) is 42.4 Å². The Morgan fingerprint density at radius 1 is 1.18 bits per heavy atom. The van der Waals surface area contributed by atoms with Crippen molar-refractivity contribution in [3.8, 4) is 5.75 Å². The summed E-state index contributed by atoms with van der Waals surface area (Å²) in [5.74, 6) is 1.73. The number of aromatic nitrogens is 4. The van der Waals surface area contributed by atoms with Crippen molar-refractivity contribution in [1.29, 1.82) is 0 Å². The molecule has 0 aliphatic carbocycles. The van der Waals surface area contributed by atoms with Gasteiger partial charge in [-0.15, -0.1) is 0 Å². The van der Waals surface area contributed by atoms with Gasteiger partial charge in [0, 0.05) is 14.1 Å². The lowest BCUT2D eigenvalue weighted by Crippen LogP contribution is -2.23. The van der Waals surface area contributed by atoms with Crippen LogP contribution in [-0.4, -0.2) is 33.9 Å². The largest absolute Gasteiger partial charge is 0.497 e. The van der Waals surface area contributed by atoms with Crippen molar-refractivity contribution in [2.75, 3.05) is 19.1 Å². The molecule has 0 saturated carbocycles. The predicted octanol–water partition coefficient (Wildman–Crippen LogP) is 2.57. The molecule has 22 heavy (non-hydrogen) atoms. The molecule has 0 bridgehead atoms. The second kappa shape index (κ2) is 5.63. The maximum absolute atomic E-state index is 5.21. The Bertz CT molecular complexity index is 781. The molecule has 6 heteroatoms. The standard InChI is InChI=1S/C16H19N5O/c1-11(12-5-7-13(22-4)8-6-12)20(2)15-14-9-19-21(3)16(14)18-10-17-15/h5-11H,1-4H3. The van der Waals surface area contributed by atoms with E-state index in [9.17, 15) is 0 Å². The van der Waals surface area contributed by atoms with Crippen LogP contribution in [0.4, 0.5) is 5.82 Å². The molecule has 0 fully saturated rings. The summed E-state index contributed by atoms with van der Waals surface area (Å²) in [6, 6.07) is 8.26. The average molecular weight is 297 g/mol. The van der Waals surface area contributed by atoms with E-state index in [1.165, 1.54) is 5.56 Å². The lowest BCUT2D eigenvalue weighted by Gasteiger charge is -2.26. The molecular weight excluding hydrogens is 278 g/mol. The number of benzene rings is 1. The van der Waals surface area contributed by atoms with Crippen molar-refractivity contribution in [2.45, 2.75) is 13.0 Å². The van der Waals surface area contributed by atoms with Gasteiger partial charge in [-0.2, -0.15) is 5.10 Å². The van der Waals surface area contributed by atoms with E-state index >= 15 is 0 Å². The third-order valence-corrected chi connectivity index (χ3v) is 4.02. The molecule has 2 aromatic heterocycles. The van der Waals surface area contributed by atoms with Crippen LogP contribution in [0.25, 0.3) is 11.0 Å². The number of methoxy groups -OCH3 is 1. The summed E-state index contributed by atoms with van der Waals surface area (Å²) >= 11 is 0. The molecule has 1 unspecified atom stereocenters. The van der Waals surface area contributed by atoms with E-state index in [1.54, 1.807) is 18.1 Å². The SMILES string of the molecule is COc1ccc(C(C)N(C)c2ncnc3c2cnn3C)cc1. The van der Waals surface area contributed by atoms with Crippen LogP contribution in [0.2, 0.25) is 0 Å². The first-order valence-electron chi connectivity index (χ1n) is 7.11. The van der Waals surface area contributed by atoms with Gasteiger partial charge in [-0.3, -0.25) is 4.68 Å². The summed E-state index contributed by atoms with van der Waals surface area (Å²) in [4.78, 5) is 10.9. The van der Waals surface area contributed by atoms with Gasteiger partial charge in [0.25, 0.3) is 0 Å². The highest BCUT2D eigenvalue weighted by Crippen LogP contribution is 2.29. The molecule has 0 N–H and O–H groups in total. The molecule has 0 radical (unpaired) electrons. The van der Waals surface area contributed by atoms with E-state index in [0.29, 0.717) is 0 Å². The highest BCUT2D eigenvalue weighted by atomic mass is 16.5. The number of ether oxygens (including phenoxy) is 1. The number of rotatable bonds is 4. The summed E-state index contributed by atoms with van der Waals surface area (Å²) in [5.41, 5.74) is 2.03. The molecule has 6 nitrogen and oxygen atoms in total. The van der Waals surface area contributed by atoms with Gasteiger partial charge in [-0.05, 0) is 24.6 Å². The van der Waals surface area contributed by atoms with Crippen LogP contribution in [0, 0.1) is 0 Å². The van der Waals surface area contributed by atoms with E-state index in [1.807, 2.05) is 32.4 Å². The minimum atomic E-state index is 0.171. The summed E-state index contributed by atoms with van der Waals surface area (Å²) in [7, 11) is 5.58. The molecule has 0 aliphatic heterocycles. The Morgan fingerprint density at radius 3 is 2.59 bits per heavy atom. The van der Waals surface area contributed by atoms with Crippen molar-refractivity contribution in [3.63, 3.8) is 0 Å². The van der Waals surface area contributed by atoms with Gasteiger partial charge in [0.05, 0.1) is 24.7 Å². The Kier molecular flexibility index (Phi) is 3.66. The first-order valence-corrected chi connectivity index (χ1v) is 7.11. The van der Waals surface area contributed by atoms with Gasteiger partial charge in [0.2, 0.25) is 0 Å². The van der Waals surface area contributed by atoms with Crippen LogP contribution in [-0.2, 0) is 7.05 Å². The molecule has 3 aromatic rings. The minimum absolute atomic E-state index is 0.171. The molecular formula is C16H19N5O. The molecule has 0 spiro atoms. The minimum Gasteiger partial charge on any atom is -0.497 e. The normalized spacial score (nSPS) is 12.4. The maximum Gasteiger partial charge on any atom is 0.163 e. The fourth-order valence-electron chi connectivity index (χ4n) is 2.52. The summed E-state index contributed by atoms with van der Waals surface area (Å²) in [6.07, 6.45) is 3.39. The topological polar surface area (TPSA) is 56.1 Å².